The van der Waals surface area contributed by atoms with Crippen LogP contribution in [0.3, 0.4) is 0 Å². The predicted molar refractivity (Wildman–Crippen MR) is 73.3 cm³/mol. The van der Waals surface area contributed by atoms with E-state index in [1.54, 1.807) is 24.6 Å². The number of rotatable bonds is 4. The minimum Gasteiger partial charge on any atom is -0.481 e. The van der Waals surface area contributed by atoms with Gasteiger partial charge in [-0.1, -0.05) is 0 Å². The zero-order chi connectivity index (χ0) is 15.6. The van der Waals surface area contributed by atoms with Crippen LogP contribution < -0.4 is 0 Å². The number of carboxylic acid groups (broad SMARTS) is 1. The maximum Gasteiger partial charge on any atom is 0.307 e. The van der Waals surface area contributed by atoms with Crippen LogP contribution in [0, 0.1) is 31.0 Å². The lowest BCUT2D eigenvalue weighted by Gasteiger charge is -2.06. The van der Waals surface area contributed by atoms with Crippen LogP contribution in [0.1, 0.15) is 28.1 Å². The molecule has 0 unspecified atom stereocenters. The van der Waals surface area contributed by atoms with E-state index in [1.165, 1.54) is 12.1 Å². The number of carboxylic acids is 1. The molecule has 1 N–H and O–H groups in total. The van der Waals surface area contributed by atoms with Crippen molar-refractivity contribution in [1.29, 1.82) is 5.26 Å². The first-order valence-corrected chi connectivity index (χ1v) is 6.35. The standard InChI is InChI=1S/C15H14FN3O2/c1-9-14(6-15(20)21)10(2)19(18-9)8-12-3-11(7-17)4-13(16)5-12/h3-5H,6,8H2,1-2H3,(H,20,21). The summed E-state index contributed by atoms with van der Waals surface area (Å²) in [6.07, 6.45) is -0.0930. The number of nitrogens with zero attached hydrogens (tertiary/aromatic N) is 3. The molecule has 1 aromatic carbocycles. The van der Waals surface area contributed by atoms with E-state index >= 15 is 0 Å². The molecule has 108 valence electrons. The third kappa shape index (κ3) is 3.26. The van der Waals surface area contributed by atoms with Gasteiger partial charge >= 0.3 is 5.97 Å². The van der Waals surface area contributed by atoms with Gasteiger partial charge < -0.3 is 5.11 Å². The molecule has 6 heteroatoms. The number of halogens is 1. The number of aliphatic carboxylic acids is 1. The molecule has 0 bridgehead atoms. The third-order valence-corrected chi connectivity index (χ3v) is 3.28. The van der Waals surface area contributed by atoms with Gasteiger partial charge in [0, 0.05) is 11.3 Å². The summed E-state index contributed by atoms with van der Waals surface area (Å²) in [5.41, 5.74) is 2.90. The zero-order valence-electron chi connectivity index (χ0n) is 11.7. The maximum absolute atomic E-state index is 13.4. The Labute approximate surface area is 121 Å². The van der Waals surface area contributed by atoms with E-state index in [1.807, 2.05) is 6.07 Å². The first kappa shape index (κ1) is 14.7. The van der Waals surface area contributed by atoms with Gasteiger partial charge in [0.2, 0.25) is 0 Å². The van der Waals surface area contributed by atoms with Crippen LogP contribution in [0.25, 0.3) is 0 Å². The molecule has 0 spiro atoms. The molecule has 1 aromatic heterocycles. The molecule has 0 saturated heterocycles. The van der Waals surface area contributed by atoms with Crippen molar-refractivity contribution in [2.45, 2.75) is 26.8 Å². The Bertz CT molecular complexity index is 744. The van der Waals surface area contributed by atoms with Crippen LogP contribution in [0.5, 0.6) is 0 Å². The van der Waals surface area contributed by atoms with E-state index in [-0.39, 0.29) is 12.0 Å². The average Bonchev–Trinajstić information content (AvgIpc) is 2.65. The van der Waals surface area contributed by atoms with Crippen molar-refractivity contribution in [2.75, 3.05) is 0 Å². The summed E-state index contributed by atoms with van der Waals surface area (Å²) in [5, 5.41) is 22.0. The maximum atomic E-state index is 13.4. The molecule has 5 nitrogen and oxygen atoms in total. The molecule has 0 radical (unpaired) electrons. The van der Waals surface area contributed by atoms with Gasteiger partial charge in [-0.3, -0.25) is 9.48 Å². The smallest absolute Gasteiger partial charge is 0.307 e. The largest absolute Gasteiger partial charge is 0.481 e. The van der Waals surface area contributed by atoms with E-state index < -0.39 is 11.8 Å². The molecule has 0 fully saturated rings. The summed E-state index contributed by atoms with van der Waals surface area (Å²) in [5.74, 6) is -1.39. The number of hydrogen-bond donors (Lipinski definition) is 1. The second-order valence-electron chi connectivity index (χ2n) is 4.84. The van der Waals surface area contributed by atoms with Crippen molar-refractivity contribution in [1.82, 2.24) is 9.78 Å². The molecule has 0 aliphatic carbocycles. The van der Waals surface area contributed by atoms with Crippen molar-refractivity contribution in [3.63, 3.8) is 0 Å². The van der Waals surface area contributed by atoms with Crippen LogP contribution in [0.4, 0.5) is 4.39 Å². The summed E-state index contributed by atoms with van der Waals surface area (Å²) in [6, 6.07) is 6.01. The van der Waals surface area contributed by atoms with E-state index in [0.29, 0.717) is 23.4 Å². The first-order valence-electron chi connectivity index (χ1n) is 6.35. The Balaban J connectivity index is 2.35. The molecule has 1 heterocycles. The Kier molecular flexibility index (Phi) is 4.03. The Morgan fingerprint density at radius 1 is 1.43 bits per heavy atom. The fourth-order valence-corrected chi connectivity index (χ4v) is 2.27. The molecule has 0 atom stereocenters. The normalized spacial score (nSPS) is 10.4. The highest BCUT2D eigenvalue weighted by Crippen LogP contribution is 2.17. The molecule has 0 aliphatic heterocycles. The number of nitriles is 1. The average molecular weight is 287 g/mol. The van der Waals surface area contributed by atoms with E-state index in [4.69, 9.17) is 10.4 Å². The van der Waals surface area contributed by atoms with Crippen molar-refractivity contribution < 1.29 is 14.3 Å². The van der Waals surface area contributed by atoms with Crippen LogP contribution in [0.2, 0.25) is 0 Å². The number of aromatic nitrogens is 2. The van der Waals surface area contributed by atoms with Gasteiger partial charge in [-0.05, 0) is 37.6 Å². The Hall–Kier alpha value is -2.68. The number of hydrogen-bond acceptors (Lipinski definition) is 3. The fourth-order valence-electron chi connectivity index (χ4n) is 2.27. The van der Waals surface area contributed by atoms with Gasteiger partial charge in [-0.25, -0.2) is 4.39 Å². The monoisotopic (exact) mass is 287 g/mol. The molecule has 0 aliphatic rings. The lowest BCUT2D eigenvalue weighted by molar-refractivity contribution is -0.136. The van der Waals surface area contributed by atoms with E-state index in [9.17, 15) is 9.18 Å². The van der Waals surface area contributed by atoms with Crippen LogP contribution >= 0.6 is 0 Å². The highest BCUT2D eigenvalue weighted by atomic mass is 19.1. The number of aryl methyl sites for hydroxylation is 1. The van der Waals surface area contributed by atoms with Crippen molar-refractivity contribution in [2.24, 2.45) is 0 Å². The summed E-state index contributed by atoms with van der Waals surface area (Å²) in [4.78, 5) is 10.8. The fraction of sp³-hybridized carbons (Fsp3) is 0.267. The van der Waals surface area contributed by atoms with Crippen LogP contribution in [-0.2, 0) is 17.8 Å². The summed E-state index contributed by atoms with van der Waals surface area (Å²) in [6.45, 7) is 3.82. The van der Waals surface area contributed by atoms with Gasteiger partial charge in [-0.15, -0.1) is 0 Å². The first-order chi connectivity index (χ1) is 9.90. The Morgan fingerprint density at radius 3 is 2.76 bits per heavy atom. The highest BCUT2D eigenvalue weighted by Gasteiger charge is 2.14. The molecule has 21 heavy (non-hydrogen) atoms. The quantitative estimate of drug-likeness (QED) is 0.934. The molecule has 2 rings (SSSR count). The van der Waals surface area contributed by atoms with Gasteiger partial charge in [0.05, 0.1) is 30.3 Å². The molecule has 0 saturated carbocycles. The number of carbonyl (C=O) groups is 1. The topological polar surface area (TPSA) is 78.9 Å². The van der Waals surface area contributed by atoms with Crippen molar-refractivity contribution >= 4 is 5.97 Å². The van der Waals surface area contributed by atoms with Gasteiger partial charge in [0.15, 0.2) is 0 Å². The summed E-state index contributed by atoms with van der Waals surface area (Å²) < 4.78 is 15.0. The lowest BCUT2D eigenvalue weighted by atomic mass is 10.1. The van der Waals surface area contributed by atoms with Gasteiger partial charge in [0.1, 0.15) is 5.82 Å². The predicted octanol–water partition coefficient (Wildman–Crippen LogP) is 2.19. The molecule has 0 amide bonds. The molecular weight excluding hydrogens is 273 g/mol. The van der Waals surface area contributed by atoms with E-state index in [0.717, 1.165) is 5.69 Å². The molecule has 2 aromatic rings. The highest BCUT2D eigenvalue weighted by molar-refractivity contribution is 5.70. The zero-order valence-corrected chi connectivity index (χ0v) is 11.7. The third-order valence-electron chi connectivity index (χ3n) is 3.28. The number of benzene rings is 1. The summed E-state index contributed by atoms with van der Waals surface area (Å²) in [7, 11) is 0. The van der Waals surface area contributed by atoms with Crippen LogP contribution in [0.15, 0.2) is 18.2 Å². The summed E-state index contributed by atoms with van der Waals surface area (Å²) >= 11 is 0. The van der Waals surface area contributed by atoms with E-state index in [2.05, 4.69) is 5.10 Å². The minimum atomic E-state index is -0.918. The lowest BCUT2D eigenvalue weighted by Crippen LogP contribution is -2.06. The van der Waals surface area contributed by atoms with Gasteiger partial charge in [0.25, 0.3) is 0 Å². The van der Waals surface area contributed by atoms with Crippen molar-refractivity contribution in [3.8, 4) is 6.07 Å². The second kappa shape index (κ2) is 5.75. The SMILES string of the molecule is Cc1nn(Cc2cc(F)cc(C#N)c2)c(C)c1CC(=O)O. The van der Waals surface area contributed by atoms with Crippen LogP contribution in [-0.4, -0.2) is 20.9 Å². The molecular formula is C15H14FN3O2. The van der Waals surface area contributed by atoms with Crippen molar-refractivity contribution in [3.05, 3.63) is 52.1 Å². The van der Waals surface area contributed by atoms with Gasteiger partial charge in [-0.2, -0.15) is 10.4 Å². The Morgan fingerprint density at radius 2 is 2.14 bits per heavy atom. The second-order valence-corrected chi connectivity index (χ2v) is 4.84. The minimum absolute atomic E-state index is 0.0930.